The summed E-state index contributed by atoms with van der Waals surface area (Å²) in [6.45, 7) is 1.71. The highest BCUT2D eigenvalue weighted by Crippen LogP contribution is 2.35. The van der Waals surface area contributed by atoms with Crippen LogP contribution in [0.3, 0.4) is 0 Å². The van der Waals surface area contributed by atoms with Gasteiger partial charge in [-0.3, -0.25) is 0 Å². The highest BCUT2D eigenvalue weighted by molar-refractivity contribution is 7.89. The van der Waals surface area contributed by atoms with Gasteiger partial charge in [0.05, 0.1) is 4.90 Å². The van der Waals surface area contributed by atoms with Gasteiger partial charge < -0.3 is 9.47 Å². The Morgan fingerprint density at radius 2 is 1.72 bits per heavy atom. The van der Waals surface area contributed by atoms with Crippen LogP contribution in [-0.2, 0) is 10.0 Å². The Hall–Kier alpha value is -2.12. The van der Waals surface area contributed by atoms with Gasteiger partial charge >= 0.3 is 0 Å². The molecule has 0 radical (unpaired) electrons. The zero-order valence-corrected chi connectivity index (χ0v) is 14.3. The highest BCUT2D eigenvalue weighted by atomic mass is 32.2. The fraction of sp³-hybridized carbons (Fsp3) is 0.333. The lowest BCUT2D eigenvalue weighted by Gasteiger charge is -2.21. The SMILES string of the molecule is O=S(=O)(c1ccc2c(c1)OCCO2)N1CCC(c2ccc(F)cc2)C1. The lowest BCUT2D eigenvalue weighted by Crippen LogP contribution is -2.29. The quantitative estimate of drug-likeness (QED) is 0.841. The molecule has 25 heavy (non-hydrogen) atoms. The molecule has 1 atom stereocenters. The number of nitrogens with zero attached hydrogens (tertiary/aromatic N) is 1. The molecule has 0 saturated carbocycles. The Morgan fingerprint density at radius 3 is 2.48 bits per heavy atom. The van der Waals surface area contributed by atoms with Gasteiger partial charge in [-0.2, -0.15) is 4.31 Å². The summed E-state index contributed by atoms with van der Waals surface area (Å²) in [6.07, 6.45) is 0.718. The Morgan fingerprint density at radius 1 is 1.00 bits per heavy atom. The molecule has 0 spiro atoms. The topological polar surface area (TPSA) is 55.8 Å². The van der Waals surface area contributed by atoms with Gasteiger partial charge in [0.25, 0.3) is 0 Å². The normalized spacial score (nSPS) is 20.6. The van der Waals surface area contributed by atoms with E-state index in [2.05, 4.69) is 0 Å². The lowest BCUT2D eigenvalue weighted by molar-refractivity contribution is 0.171. The van der Waals surface area contributed by atoms with E-state index in [9.17, 15) is 12.8 Å². The molecule has 2 aromatic carbocycles. The molecule has 2 aliphatic rings. The molecule has 132 valence electrons. The third-order valence-corrected chi connectivity index (χ3v) is 6.50. The van der Waals surface area contributed by atoms with Crippen molar-refractivity contribution < 1.29 is 22.3 Å². The fourth-order valence-corrected chi connectivity index (χ4v) is 4.80. The number of benzene rings is 2. The smallest absolute Gasteiger partial charge is 0.243 e. The van der Waals surface area contributed by atoms with Crippen molar-refractivity contribution >= 4 is 10.0 Å². The van der Waals surface area contributed by atoms with Crippen molar-refractivity contribution in [2.75, 3.05) is 26.3 Å². The van der Waals surface area contributed by atoms with Crippen LogP contribution in [0.4, 0.5) is 4.39 Å². The number of fused-ring (bicyclic) bond motifs is 1. The highest BCUT2D eigenvalue weighted by Gasteiger charge is 2.34. The van der Waals surface area contributed by atoms with Crippen LogP contribution in [0.1, 0.15) is 17.9 Å². The van der Waals surface area contributed by atoms with Gasteiger partial charge in [-0.1, -0.05) is 12.1 Å². The van der Waals surface area contributed by atoms with E-state index in [4.69, 9.17) is 9.47 Å². The Bertz CT molecular complexity index is 882. The summed E-state index contributed by atoms with van der Waals surface area (Å²) in [5.41, 5.74) is 0.960. The summed E-state index contributed by atoms with van der Waals surface area (Å²) in [7, 11) is -3.60. The van der Waals surface area contributed by atoms with Crippen molar-refractivity contribution in [3.05, 3.63) is 53.8 Å². The lowest BCUT2D eigenvalue weighted by atomic mass is 9.99. The second-order valence-electron chi connectivity index (χ2n) is 6.21. The van der Waals surface area contributed by atoms with Crippen molar-refractivity contribution in [2.24, 2.45) is 0 Å². The summed E-state index contributed by atoms with van der Waals surface area (Å²) in [5.74, 6) is 0.813. The molecule has 4 rings (SSSR count). The molecule has 5 nitrogen and oxygen atoms in total. The van der Waals surface area contributed by atoms with Crippen LogP contribution in [0.25, 0.3) is 0 Å². The molecule has 1 saturated heterocycles. The third kappa shape index (κ3) is 3.09. The van der Waals surface area contributed by atoms with E-state index in [1.165, 1.54) is 22.5 Å². The minimum atomic E-state index is -3.60. The Balaban J connectivity index is 1.56. The predicted octanol–water partition coefficient (Wildman–Crippen LogP) is 2.78. The number of halogens is 1. The monoisotopic (exact) mass is 363 g/mol. The van der Waals surface area contributed by atoms with Gasteiger partial charge in [-0.15, -0.1) is 0 Å². The third-order valence-electron chi connectivity index (χ3n) is 4.64. The molecular weight excluding hydrogens is 345 g/mol. The second kappa shape index (κ2) is 6.31. The van der Waals surface area contributed by atoms with E-state index in [-0.39, 0.29) is 16.6 Å². The number of sulfonamides is 1. The van der Waals surface area contributed by atoms with E-state index >= 15 is 0 Å². The fourth-order valence-electron chi connectivity index (χ4n) is 3.29. The minimum absolute atomic E-state index is 0.0765. The van der Waals surface area contributed by atoms with Crippen LogP contribution >= 0.6 is 0 Å². The van der Waals surface area contributed by atoms with Gasteiger partial charge in [0.1, 0.15) is 19.0 Å². The molecule has 0 aliphatic carbocycles. The van der Waals surface area contributed by atoms with Crippen LogP contribution in [0.2, 0.25) is 0 Å². The zero-order valence-electron chi connectivity index (χ0n) is 13.5. The maximum absolute atomic E-state index is 13.1. The van der Waals surface area contributed by atoms with E-state index in [0.717, 1.165) is 12.0 Å². The van der Waals surface area contributed by atoms with Crippen LogP contribution in [0.5, 0.6) is 11.5 Å². The molecule has 0 bridgehead atoms. The molecule has 1 unspecified atom stereocenters. The number of hydrogen-bond donors (Lipinski definition) is 0. The molecule has 7 heteroatoms. The summed E-state index contributed by atoms with van der Waals surface area (Å²) < 4.78 is 51.3. The number of ether oxygens (including phenoxy) is 2. The van der Waals surface area contributed by atoms with Crippen molar-refractivity contribution in [1.29, 1.82) is 0 Å². The van der Waals surface area contributed by atoms with Crippen LogP contribution in [0.15, 0.2) is 47.4 Å². The zero-order chi connectivity index (χ0) is 17.4. The van der Waals surface area contributed by atoms with E-state index in [1.807, 2.05) is 0 Å². The summed E-state index contributed by atoms with van der Waals surface area (Å²) in [5, 5.41) is 0. The average molecular weight is 363 g/mol. The first-order valence-electron chi connectivity index (χ1n) is 8.19. The van der Waals surface area contributed by atoms with Crippen LogP contribution in [0, 0.1) is 5.82 Å². The first kappa shape index (κ1) is 16.4. The predicted molar refractivity (Wildman–Crippen MR) is 89.9 cm³/mol. The molecule has 0 amide bonds. The molecule has 2 heterocycles. The van der Waals surface area contributed by atoms with Gasteiger partial charge in [0, 0.05) is 19.2 Å². The molecule has 0 aromatic heterocycles. The minimum Gasteiger partial charge on any atom is -0.486 e. The largest absolute Gasteiger partial charge is 0.486 e. The van der Waals surface area contributed by atoms with Crippen molar-refractivity contribution in [2.45, 2.75) is 17.2 Å². The number of rotatable bonds is 3. The average Bonchev–Trinajstić information content (AvgIpc) is 3.13. The molecule has 2 aromatic rings. The van der Waals surface area contributed by atoms with Gasteiger partial charge in [0.15, 0.2) is 11.5 Å². The molecule has 0 N–H and O–H groups in total. The molecular formula is C18H18FNO4S. The Labute approximate surface area is 146 Å². The molecule has 2 aliphatic heterocycles. The standard InChI is InChI=1S/C18H18FNO4S/c19-15-3-1-13(2-4-15)14-7-8-20(12-14)25(21,22)16-5-6-17-18(11-16)24-10-9-23-17/h1-6,11,14H,7-10,12H2. The van der Waals surface area contributed by atoms with Crippen LogP contribution < -0.4 is 9.47 Å². The van der Waals surface area contributed by atoms with Crippen molar-refractivity contribution in [3.8, 4) is 11.5 Å². The second-order valence-corrected chi connectivity index (χ2v) is 8.14. The van der Waals surface area contributed by atoms with Gasteiger partial charge in [-0.25, -0.2) is 12.8 Å². The first-order chi connectivity index (χ1) is 12.0. The van der Waals surface area contributed by atoms with Gasteiger partial charge in [-0.05, 0) is 42.2 Å². The summed E-state index contributed by atoms with van der Waals surface area (Å²) in [6, 6.07) is 11.0. The van der Waals surface area contributed by atoms with Crippen molar-refractivity contribution in [1.82, 2.24) is 4.31 Å². The maximum Gasteiger partial charge on any atom is 0.243 e. The van der Waals surface area contributed by atoms with Crippen molar-refractivity contribution in [3.63, 3.8) is 0 Å². The Kier molecular flexibility index (Phi) is 4.13. The van der Waals surface area contributed by atoms with E-state index < -0.39 is 10.0 Å². The summed E-state index contributed by atoms with van der Waals surface area (Å²) >= 11 is 0. The number of hydrogen-bond acceptors (Lipinski definition) is 4. The van der Waals surface area contributed by atoms with E-state index in [0.29, 0.717) is 37.8 Å². The first-order valence-corrected chi connectivity index (χ1v) is 9.63. The molecule has 1 fully saturated rings. The maximum atomic E-state index is 13.1. The van der Waals surface area contributed by atoms with E-state index in [1.54, 1.807) is 24.3 Å². The van der Waals surface area contributed by atoms with Gasteiger partial charge in [0.2, 0.25) is 10.0 Å². The summed E-state index contributed by atoms with van der Waals surface area (Å²) in [4.78, 5) is 0.205. The van der Waals surface area contributed by atoms with Crippen LogP contribution in [-0.4, -0.2) is 39.0 Å².